The number of ketones is 1. The molecular weight excluding hydrogens is 352 g/mol. The van der Waals surface area contributed by atoms with E-state index in [4.69, 9.17) is 0 Å². The lowest BCUT2D eigenvalue weighted by molar-refractivity contribution is -0.134. The van der Waals surface area contributed by atoms with Crippen LogP contribution in [0.2, 0.25) is 0 Å². The average Bonchev–Trinajstić information content (AvgIpc) is 3.02. The number of aliphatic hydroxyl groups excluding tert-OH is 1. The van der Waals surface area contributed by atoms with Crippen molar-refractivity contribution < 1.29 is 19.4 Å². The summed E-state index contributed by atoms with van der Waals surface area (Å²) in [5, 5.41) is 10.6. The fourth-order valence-corrected chi connectivity index (χ4v) is 3.90. The molecule has 0 aromatic carbocycles. The van der Waals surface area contributed by atoms with E-state index in [0.29, 0.717) is 12.2 Å². The van der Waals surface area contributed by atoms with Crippen LogP contribution >= 0.6 is 0 Å². The summed E-state index contributed by atoms with van der Waals surface area (Å²) < 4.78 is 4.57. The number of carbonyl (C=O) groups is 2. The zero-order valence-corrected chi connectivity index (χ0v) is 18.3. The van der Waals surface area contributed by atoms with Gasteiger partial charge in [-0.05, 0) is 43.4 Å². The molecule has 1 N–H and O–H groups in total. The van der Waals surface area contributed by atoms with Gasteiger partial charge in [-0.2, -0.15) is 0 Å². The van der Waals surface area contributed by atoms with Gasteiger partial charge in [-0.25, -0.2) is 4.79 Å². The lowest BCUT2D eigenvalue weighted by Crippen LogP contribution is -2.27. The van der Waals surface area contributed by atoms with Crippen molar-refractivity contribution in [2.75, 3.05) is 7.11 Å². The van der Waals surface area contributed by atoms with Crippen LogP contribution in [0.3, 0.4) is 0 Å². The van der Waals surface area contributed by atoms with Gasteiger partial charge in [0.2, 0.25) is 0 Å². The molecule has 1 fully saturated rings. The van der Waals surface area contributed by atoms with Crippen LogP contribution in [0.25, 0.3) is 0 Å². The first-order chi connectivity index (χ1) is 13.3. The smallest absolute Gasteiger partial charge is 0.330 e. The molecule has 4 heteroatoms. The number of hydrogen-bond donors (Lipinski definition) is 1. The second-order valence-electron chi connectivity index (χ2n) is 8.76. The summed E-state index contributed by atoms with van der Waals surface area (Å²) >= 11 is 0. The van der Waals surface area contributed by atoms with Crippen molar-refractivity contribution in [2.45, 2.75) is 91.1 Å². The molecule has 0 unspecified atom stereocenters. The maximum absolute atomic E-state index is 12.3. The molecule has 0 aliphatic heterocycles. The van der Waals surface area contributed by atoms with Gasteiger partial charge in [0.25, 0.3) is 0 Å². The summed E-state index contributed by atoms with van der Waals surface area (Å²) in [5.74, 6) is 0.360. The Hall–Kier alpha value is -1.42. The standard InChI is InChI=1S/C24H40O4/c1-5-6-11-18-24(2,3)22(26)17-15-19-14-16-21(25)20(19)12-9-7-8-10-13-23(27)28-4/h10,13,15,17,19-20,22,26H,5-9,11-12,14,16,18H2,1-4H3/b13-10+,17-15+/t19-,20-,22-/m1/s1. The lowest BCUT2D eigenvalue weighted by atomic mass is 9.80. The van der Waals surface area contributed by atoms with Crippen molar-refractivity contribution >= 4 is 11.8 Å². The van der Waals surface area contributed by atoms with Crippen molar-refractivity contribution in [2.24, 2.45) is 17.3 Å². The van der Waals surface area contributed by atoms with Gasteiger partial charge in [0, 0.05) is 18.4 Å². The van der Waals surface area contributed by atoms with E-state index >= 15 is 0 Å². The molecule has 1 saturated carbocycles. The molecule has 3 atom stereocenters. The molecule has 0 amide bonds. The highest BCUT2D eigenvalue weighted by molar-refractivity contribution is 5.83. The molecule has 0 saturated heterocycles. The molecule has 0 bridgehead atoms. The van der Waals surface area contributed by atoms with Gasteiger partial charge in [-0.3, -0.25) is 4.79 Å². The van der Waals surface area contributed by atoms with E-state index in [0.717, 1.165) is 44.9 Å². The highest BCUT2D eigenvalue weighted by Gasteiger charge is 2.33. The second kappa shape index (κ2) is 12.9. The fraction of sp³-hybridized carbons (Fsp3) is 0.750. The maximum atomic E-state index is 12.3. The highest BCUT2D eigenvalue weighted by atomic mass is 16.5. The Labute approximate surface area is 171 Å². The molecule has 0 spiro atoms. The molecule has 4 nitrogen and oxygen atoms in total. The molecular formula is C24H40O4. The topological polar surface area (TPSA) is 63.6 Å². The van der Waals surface area contributed by atoms with Crippen LogP contribution in [-0.2, 0) is 14.3 Å². The van der Waals surface area contributed by atoms with E-state index in [1.807, 2.05) is 12.2 Å². The minimum Gasteiger partial charge on any atom is -0.466 e. The number of ether oxygens (including phenoxy) is 1. The third kappa shape index (κ3) is 8.72. The molecule has 1 aliphatic rings. The van der Waals surface area contributed by atoms with Crippen LogP contribution in [0.5, 0.6) is 0 Å². The third-order valence-corrected chi connectivity index (χ3v) is 6.01. The largest absolute Gasteiger partial charge is 0.466 e. The quantitative estimate of drug-likeness (QED) is 0.197. The SMILES string of the molecule is CCCCCC(C)(C)[C@H](O)/C=C/[C@H]1CCC(=O)[C@@H]1CCCC/C=C/C(=O)OC. The molecule has 0 radical (unpaired) electrons. The van der Waals surface area contributed by atoms with Gasteiger partial charge in [-0.1, -0.05) is 64.7 Å². The summed E-state index contributed by atoms with van der Waals surface area (Å²) in [6.07, 6.45) is 16.6. The molecule has 160 valence electrons. The molecule has 0 aromatic rings. The van der Waals surface area contributed by atoms with Crippen LogP contribution in [-0.4, -0.2) is 30.1 Å². The van der Waals surface area contributed by atoms with Crippen molar-refractivity contribution in [3.05, 3.63) is 24.3 Å². The van der Waals surface area contributed by atoms with Crippen molar-refractivity contribution in [3.63, 3.8) is 0 Å². The Morgan fingerprint density at radius 3 is 2.71 bits per heavy atom. The number of carbonyl (C=O) groups excluding carboxylic acids is 2. The van der Waals surface area contributed by atoms with Crippen LogP contribution in [0.15, 0.2) is 24.3 Å². The van der Waals surface area contributed by atoms with Crippen molar-refractivity contribution in [3.8, 4) is 0 Å². The monoisotopic (exact) mass is 392 g/mol. The van der Waals surface area contributed by atoms with E-state index in [-0.39, 0.29) is 23.2 Å². The van der Waals surface area contributed by atoms with E-state index < -0.39 is 6.10 Å². The average molecular weight is 393 g/mol. The van der Waals surface area contributed by atoms with Crippen LogP contribution < -0.4 is 0 Å². The predicted octanol–water partition coefficient (Wildman–Crippen LogP) is 5.39. The first kappa shape index (κ1) is 24.6. The second-order valence-corrected chi connectivity index (χ2v) is 8.76. The zero-order valence-electron chi connectivity index (χ0n) is 18.3. The van der Waals surface area contributed by atoms with E-state index in [2.05, 4.69) is 31.6 Å². The summed E-state index contributed by atoms with van der Waals surface area (Å²) in [6.45, 7) is 6.43. The first-order valence-electron chi connectivity index (χ1n) is 11.0. The fourth-order valence-electron chi connectivity index (χ4n) is 3.90. The minimum atomic E-state index is -0.468. The Morgan fingerprint density at radius 1 is 1.29 bits per heavy atom. The van der Waals surface area contributed by atoms with Gasteiger partial charge in [0.1, 0.15) is 5.78 Å². The number of allylic oxidation sites excluding steroid dienone is 2. The Balaban J connectivity index is 2.46. The zero-order chi connectivity index (χ0) is 21.0. The van der Waals surface area contributed by atoms with Gasteiger partial charge < -0.3 is 9.84 Å². The normalized spacial score (nSPS) is 21.7. The van der Waals surface area contributed by atoms with Gasteiger partial charge in [0.15, 0.2) is 0 Å². The Kier molecular flexibility index (Phi) is 11.4. The molecule has 1 rings (SSSR count). The minimum absolute atomic E-state index is 0.0799. The van der Waals surface area contributed by atoms with Crippen LogP contribution in [0, 0.1) is 17.3 Å². The van der Waals surface area contributed by atoms with Gasteiger partial charge >= 0.3 is 5.97 Å². The first-order valence-corrected chi connectivity index (χ1v) is 11.0. The van der Waals surface area contributed by atoms with E-state index in [1.165, 1.54) is 26.0 Å². The van der Waals surface area contributed by atoms with Crippen LogP contribution in [0.1, 0.15) is 85.0 Å². The predicted molar refractivity (Wildman–Crippen MR) is 114 cm³/mol. The molecule has 1 aliphatic carbocycles. The molecule has 0 aromatic heterocycles. The Morgan fingerprint density at radius 2 is 2.04 bits per heavy atom. The van der Waals surface area contributed by atoms with Gasteiger partial charge in [-0.15, -0.1) is 0 Å². The van der Waals surface area contributed by atoms with E-state index in [9.17, 15) is 14.7 Å². The number of unbranched alkanes of at least 4 members (excludes halogenated alkanes) is 4. The number of hydrogen-bond acceptors (Lipinski definition) is 4. The lowest BCUT2D eigenvalue weighted by Gasteiger charge is -2.29. The number of aliphatic hydroxyl groups is 1. The number of methoxy groups -OCH3 is 1. The highest BCUT2D eigenvalue weighted by Crippen LogP contribution is 2.35. The molecule has 28 heavy (non-hydrogen) atoms. The molecule has 0 heterocycles. The third-order valence-electron chi connectivity index (χ3n) is 6.01. The maximum Gasteiger partial charge on any atom is 0.330 e. The number of esters is 1. The van der Waals surface area contributed by atoms with E-state index in [1.54, 1.807) is 0 Å². The Bertz CT molecular complexity index is 533. The van der Waals surface area contributed by atoms with Crippen molar-refractivity contribution in [1.29, 1.82) is 0 Å². The summed E-state index contributed by atoms with van der Waals surface area (Å²) in [4.78, 5) is 23.3. The number of rotatable bonds is 13. The van der Waals surface area contributed by atoms with Crippen LogP contribution in [0.4, 0.5) is 0 Å². The van der Waals surface area contributed by atoms with Crippen molar-refractivity contribution in [1.82, 2.24) is 0 Å². The van der Waals surface area contributed by atoms with Gasteiger partial charge in [0.05, 0.1) is 13.2 Å². The summed E-state index contributed by atoms with van der Waals surface area (Å²) in [6, 6.07) is 0. The number of Topliss-reactive ketones (excluding diaryl/α,β-unsaturated/α-hetero) is 1. The summed E-state index contributed by atoms with van der Waals surface area (Å²) in [5.41, 5.74) is -0.129. The summed E-state index contributed by atoms with van der Waals surface area (Å²) in [7, 11) is 1.37.